The van der Waals surface area contributed by atoms with Crippen LogP contribution in [0.3, 0.4) is 0 Å². The average Bonchev–Trinajstić information content (AvgIpc) is 2.38. The lowest BCUT2D eigenvalue weighted by Crippen LogP contribution is -2.44. The number of piperidine rings is 1. The van der Waals surface area contributed by atoms with Crippen molar-refractivity contribution in [3.8, 4) is 0 Å². The Morgan fingerprint density at radius 2 is 2.06 bits per heavy atom. The number of rotatable bonds is 2. The summed E-state index contributed by atoms with van der Waals surface area (Å²) in [6, 6.07) is 5.23. The first kappa shape index (κ1) is 13.0. The summed E-state index contributed by atoms with van der Waals surface area (Å²) in [5.74, 6) is -0.613. The third kappa shape index (κ3) is 2.70. The molecule has 1 amide bonds. The number of benzene rings is 1. The van der Waals surface area contributed by atoms with Gasteiger partial charge < -0.3 is 10.2 Å². The monoisotopic (exact) mass is 250 g/mol. The van der Waals surface area contributed by atoms with Crippen molar-refractivity contribution in [3.05, 3.63) is 35.1 Å². The zero-order valence-electron chi connectivity index (χ0n) is 10.9. The van der Waals surface area contributed by atoms with Gasteiger partial charge in [0.05, 0.1) is 5.56 Å². The lowest BCUT2D eigenvalue weighted by molar-refractivity contribution is 0.0702. The van der Waals surface area contributed by atoms with E-state index < -0.39 is 5.82 Å². The number of carbonyl (C=O) groups excluding carboxylic acids is 1. The molecule has 1 saturated heterocycles. The van der Waals surface area contributed by atoms with Crippen LogP contribution in [0, 0.1) is 12.7 Å². The number of hydrogen-bond acceptors (Lipinski definition) is 2. The maximum Gasteiger partial charge on any atom is 0.256 e. The number of nitrogens with one attached hydrogen (secondary N) is 1. The zero-order chi connectivity index (χ0) is 13.1. The summed E-state index contributed by atoms with van der Waals surface area (Å²) in [7, 11) is 1.93. The summed E-state index contributed by atoms with van der Waals surface area (Å²) in [6.07, 6.45) is 1.85. The second kappa shape index (κ2) is 5.48. The van der Waals surface area contributed by atoms with Gasteiger partial charge in [-0.3, -0.25) is 4.79 Å². The Kier molecular flexibility index (Phi) is 3.97. The number of likely N-dealkylation sites (tertiary alicyclic amines) is 1. The molecular weight excluding hydrogens is 231 g/mol. The van der Waals surface area contributed by atoms with E-state index in [-0.39, 0.29) is 11.5 Å². The standard InChI is InChI=1S/C14H19FN2O/c1-10-3-4-12(13(15)9-10)14(18)17-7-5-11(16-2)6-8-17/h3-4,9,11,16H,5-8H2,1-2H3. The SMILES string of the molecule is CNC1CCN(C(=O)c2ccc(C)cc2F)CC1. The number of hydrogen-bond donors (Lipinski definition) is 1. The van der Waals surface area contributed by atoms with Crippen LogP contribution in [0.25, 0.3) is 0 Å². The maximum absolute atomic E-state index is 13.7. The highest BCUT2D eigenvalue weighted by molar-refractivity contribution is 5.94. The maximum atomic E-state index is 13.7. The van der Waals surface area contributed by atoms with Gasteiger partial charge in [-0.1, -0.05) is 6.07 Å². The van der Waals surface area contributed by atoms with Crippen LogP contribution >= 0.6 is 0 Å². The van der Waals surface area contributed by atoms with Gasteiger partial charge in [0.15, 0.2) is 0 Å². The van der Waals surface area contributed by atoms with Crippen molar-refractivity contribution in [1.29, 1.82) is 0 Å². The molecule has 0 radical (unpaired) electrons. The van der Waals surface area contributed by atoms with Crippen molar-refractivity contribution < 1.29 is 9.18 Å². The smallest absolute Gasteiger partial charge is 0.256 e. The van der Waals surface area contributed by atoms with E-state index in [0.717, 1.165) is 18.4 Å². The molecule has 0 unspecified atom stereocenters. The van der Waals surface area contributed by atoms with E-state index in [1.165, 1.54) is 6.07 Å². The van der Waals surface area contributed by atoms with Crippen molar-refractivity contribution in [2.75, 3.05) is 20.1 Å². The van der Waals surface area contributed by atoms with Gasteiger partial charge >= 0.3 is 0 Å². The molecular formula is C14H19FN2O. The number of carbonyl (C=O) groups is 1. The van der Waals surface area contributed by atoms with Crippen LogP contribution in [-0.2, 0) is 0 Å². The summed E-state index contributed by atoms with van der Waals surface area (Å²) in [4.78, 5) is 13.9. The minimum atomic E-state index is -0.421. The Bertz CT molecular complexity index is 439. The molecule has 4 heteroatoms. The molecule has 0 spiro atoms. The van der Waals surface area contributed by atoms with Gasteiger partial charge in [-0.15, -0.1) is 0 Å². The van der Waals surface area contributed by atoms with Crippen molar-refractivity contribution in [3.63, 3.8) is 0 Å². The van der Waals surface area contributed by atoms with Crippen LogP contribution in [0.4, 0.5) is 4.39 Å². The molecule has 0 aromatic heterocycles. The van der Waals surface area contributed by atoms with Gasteiger partial charge in [0.25, 0.3) is 5.91 Å². The van der Waals surface area contributed by atoms with Crippen LogP contribution < -0.4 is 5.32 Å². The summed E-state index contributed by atoms with van der Waals surface area (Å²) in [5.41, 5.74) is 1.02. The molecule has 0 bridgehead atoms. The predicted molar refractivity (Wildman–Crippen MR) is 69.1 cm³/mol. The van der Waals surface area contributed by atoms with Crippen LogP contribution in [0.5, 0.6) is 0 Å². The van der Waals surface area contributed by atoms with Crippen LogP contribution in [0.1, 0.15) is 28.8 Å². The predicted octanol–water partition coefficient (Wildman–Crippen LogP) is 1.96. The summed E-state index contributed by atoms with van der Waals surface area (Å²) >= 11 is 0. The van der Waals surface area contributed by atoms with Gasteiger partial charge in [-0.05, 0) is 44.5 Å². The van der Waals surface area contributed by atoms with E-state index in [9.17, 15) is 9.18 Å². The van der Waals surface area contributed by atoms with E-state index in [0.29, 0.717) is 19.1 Å². The first-order valence-corrected chi connectivity index (χ1v) is 6.34. The lowest BCUT2D eigenvalue weighted by Gasteiger charge is -2.31. The topological polar surface area (TPSA) is 32.3 Å². The van der Waals surface area contributed by atoms with E-state index >= 15 is 0 Å². The van der Waals surface area contributed by atoms with E-state index in [1.807, 2.05) is 14.0 Å². The Hall–Kier alpha value is -1.42. The first-order valence-electron chi connectivity index (χ1n) is 6.34. The van der Waals surface area contributed by atoms with Crippen LogP contribution in [0.15, 0.2) is 18.2 Å². The zero-order valence-corrected chi connectivity index (χ0v) is 10.9. The van der Waals surface area contributed by atoms with Crippen LogP contribution in [-0.4, -0.2) is 37.0 Å². The third-order valence-electron chi connectivity index (χ3n) is 3.55. The molecule has 3 nitrogen and oxygen atoms in total. The molecule has 0 atom stereocenters. The van der Waals surface area contributed by atoms with Gasteiger partial charge in [-0.25, -0.2) is 4.39 Å². The highest BCUT2D eigenvalue weighted by Crippen LogP contribution is 2.16. The highest BCUT2D eigenvalue weighted by atomic mass is 19.1. The fourth-order valence-electron chi connectivity index (χ4n) is 2.34. The second-order valence-electron chi connectivity index (χ2n) is 4.84. The second-order valence-corrected chi connectivity index (χ2v) is 4.84. The molecule has 1 aliphatic heterocycles. The number of aryl methyl sites for hydroxylation is 1. The van der Waals surface area contributed by atoms with Gasteiger partial charge in [0.1, 0.15) is 5.82 Å². The van der Waals surface area contributed by atoms with E-state index in [4.69, 9.17) is 0 Å². The number of halogens is 1. The Balaban J connectivity index is 2.08. The number of nitrogens with zero attached hydrogens (tertiary/aromatic N) is 1. The molecule has 1 heterocycles. The Labute approximate surface area is 107 Å². The summed E-state index contributed by atoms with van der Waals surface area (Å²) in [5, 5.41) is 3.21. The molecule has 0 saturated carbocycles. The van der Waals surface area contributed by atoms with Crippen molar-refractivity contribution >= 4 is 5.91 Å². The minimum absolute atomic E-state index is 0.184. The van der Waals surface area contributed by atoms with Crippen molar-refractivity contribution in [2.45, 2.75) is 25.8 Å². The Morgan fingerprint density at radius 3 is 2.61 bits per heavy atom. The Morgan fingerprint density at radius 1 is 1.39 bits per heavy atom. The minimum Gasteiger partial charge on any atom is -0.338 e. The molecule has 1 aromatic rings. The molecule has 2 rings (SSSR count). The molecule has 1 aromatic carbocycles. The summed E-state index contributed by atoms with van der Waals surface area (Å²) in [6.45, 7) is 3.20. The number of amides is 1. The quantitative estimate of drug-likeness (QED) is 0.870. The lowest BCUT2D eigenvalue weighted by atomic mass is 10.0. The highest BCUT2D eigenvalue weighted by Gasteiger charge is 2.24. The largest absolute Gasteiger partial charge is 0.338 e. The average molecular weight is 250 g/mol. The van der Waals surface area contributed by atoms with Gasteiger partial charge in [0, 0.05) is 19.1 Å². The fourth-order valence-corrected chi connectivity index (χ4v) is 2.34. The third-order valence-corrected chi connectivity index (χ3v) is 3.55. The van der Waals surface area contributed by atoms with E-state index in [2.05, 4.69) is 5.32 Å². The van der Waals surface area contributed by atoms with Crippen molar-refractivity contribution in [1.82, 2.24) is 10.2 Å². The van der Waals surface area contributed by atoms with Crippen LogP contribution in [0.2, 0.25) is 0 Å². The summed E-state index contributed by atoms with van der Waals surface area (Å²) < 4.78 is 13.7. The fraction of sp³-hybridized carbons (Fsp3) is 0.500. The molecule has 18 heavy (non-hydrogen) atoms. The molecule has 0 aliphatic carbocycles. The molecule has 1 aliphatic rings. The molecule has 1 fully saturated rings. The normalized spacial score (nSPS) is 16.9. The first-order chi connectivity index (χ1) is 8.61. The van der Waals surface area contributed by atoms with Crippen molar-refractivity contribution in [2.24, 2.45) is 0 Å². The van der Waals surface area contributed by atoms with Gasteiger partial charge in [0.2, 0.25) is 0 Å². The molecule has 98 valence electrons. The van der Waals surface area contributed by atoms with E-state index in [1.54, 1.807) is 17.0 Å². The molecule has 1 N–H and O–H groups in total. The van der Waals surface area contributed by atoms with Gasteiger partial charge in [-0.2, -0.15) is 0 Å².